The van der Waals surface area contributed by atoms with Gasteiger partial charge in [-0.15, -0.1) is 0 Å². The quantitative estimate of drug-likeness (QED) is 0.188. The van der Waals surface area contributed by atoms with Gasteiger partial charge >= 0.3 is 11.9 Å². The van der Waals surface area contributed by atoms with Crippen LogP contribution in [0.5, 0.6) is 0 Å². The molecule has 11 atom stereocenters. The van der Waals surface area contributed by atoms with Crippen molar-refractivity contribution in [1.29, 1.82) is 0 Å². The van der Waals surface area contributed by atoms with Gasteiger partial charge < -0.3 is 19.1 Å². The highest BCUT2D eigenvalue weighted by Gasteiger charge is 2.74. The van der Waals surface area contributed by atoms with Crippen molar-refractivity contribution in [3.05, 3.63) is 42.5 Å². The Balaban J connectivity index is 1.31. The van der Waals surface area contributed by atoms with E-state index in [9.17, 15) is 14.7 Å². The SMILES string of the molecule is C=C(C)[C@@H]1CC[C@]2(C(=O)OCCCCn3cnc(C)c3)CC[C@]3(C)[C@H](C[C@H]4OC(=O)C[C@@H](O)[C@]5(C)[C@@H]4[C@@]3(C)CC[C@H]5C(=C)C)[C@@H]12. The lowest BCUT2D eigenvalue weighted by Crippen LogP contribution is -2.69. The van der Waals surface area contributed by atoms with E-state index in [-0.39, 0.29) is 64.9 Å². The molecule has 6 rings (SSSR count). The molecule has 7 heteroatoms. The number of aryl methyl sites for hydroxylation is 2. The van der Waals surface area contributed by atoms with Gasteiger partial charge in [-0.05, 0) is 113 Å². The zero-order chi connectivity index (χ0) is 32.5. The Kier molecular flexibility index (Phi) is 8.23. The van der Waals surface area contributed by atoms with E-state index in [2.05, 4.69) is 57.3 Å². The van der Waals surface area contributed by atoms with Gasteiger partial charge in [0.05, 0.1) is 36.6 Å². The molecule has 5 aliphatic rings. The van der Waals surface area contributed by atoms with E-state index < -0.39 is 16.9 Å². The minimum absolute atomic E-state index is 0.0200. The largest absolute Gasteiger partial charge is 0.465 e. The number of rotatable bonds is 8. The molecule has 1 saturated heterocycles. The van der Waals surface area contributed by atoms with E-state index in [4.69, 9.17) is 9.47 Å². The van der Waals surface area contributed by atoms with Crippen molar-refractivity contribution in [2.45, 2.75) is 125 Å². The van der Waals surface area contributed by atoms with Crippen LogP contribution in [0.25, 0.3) is 0 Å². The molecule has 1 aromatic heterocycles. The van der Waals surface area contributed by atoms with Crippen LogP contribution in [0.1, 0.15) is 105 Å². The number of nitrogens with zero attached hydrogens (tertiary/aromatic N) is 2. The summed E-state index contributed by atoms with van der Waals surface area (Å²) < 4.78 is 14.6. The van der Waals surface area contributed by atoms with E-state index in [0.717, 1.165) is 81.2 Å². The lowest BCUT2D eigenvalue weighted by Gasteiger charge is -2.71. The predicted molar refractivity (Wildman–Crippen MR) is 174 cm³/mol. The summed E-state index contributed by atoms with van der Waals surface area (Å²) in [7, 11) is 0. The van der Waals surface area contributed by atoms with Gasteiger partial charge in [0.2, 0.25) is 0 Å². The molecule has 45 heavy (non-hydrogen) atoms. The summed E-state index contributed by atoms with van der Waals surface area (Å²) in [4.78, 5) is 31.8. The molecule has 4 aliphatic carbocycles. The van der Waals surface area contributed by atoms with Crippen LogP contribution in [-0.2, 0) is 25.6 Å². The summed E-state index contributed by atoms with van der Waals surface area (Å²) in [6.45, 7) is 23.4. The number of aliphatic hydroxyl groups excluding tert-OH is 1. The number of hydrogen-bond acceptors (Lipinski definition) is 6. The number of carbonyl (C=O) groups is 2. The van der Waals surface area contributed by atoms with Gasteiger partial charge in [0, 0.05) is 24.1 Å². The monoisotopic (exact) mass is 620 g/mol. The Morgan fingerprint density at radius 1 is 1.09 bits per heavy atom. The highest BCUT2D eigenvalue weighted by Crippen LogP contribution is 2.77. The molecule has 0 spiro atoms. The van der Waals surface area contributed by atoms with E-state index in [1.54, 1.807) is 0 Å². The molecular formula is C38H56N2O5. The number of hydrogen-bond donors (Lipinski definition) is 1. The van der Waals surface area contributed by atoms with Crippen molar-refractivity contribution in [2.75, 3.05) is 6.61 Å². The molecule has 0 radical (unpaired) electrons. The fraction of sp³-hybridized carbons (Fsp3) is 0.763. The first-order chi connectivity index (χ1) is 21.2. The smallest absolute Gasteiger partial charge is 0.312 e. The minimum atomic E-state index is -0.772. The molecule has 0 bridgehead atoms. The molecule has 1 aliphatic heterocycles. The van der Waals surface area contributed by atoms with Gasteiger partial charge in [0.1, 0.15) is 6.10 Å². The molecule has 0 unspecified atom stereocenters. The number of imidazole rings is 1. The fourth-order valence-electron chi connectivity index (χ4n) is 12.1. The van der Waals surface area contributed by atoms with Crippen LogP contribution in [0.4, 0.5) is 0 Å². The van der Waals surface area contributed by atoms with E-state index in [1.807, 2.05) is 19.4 Å². The zero-order valence-electron chi connectivity index (χ0n) is 28.6. The van der Waals surface area contributed by atoms with Crippen LogP contribution in [-0.4, -0.2) is 45.4 Å². The molecule has 0 aromatic carbocycles. The van der Waals surface area contributed by atoms with Gasteiger partial charge in [-0.2, -0.15) is 0 Å². The first-order valence-corrected chi connectivity index (χ1v) is 17.5. The van der Waals surface area contributed by atoms with Gasteiger partial charge in [-0.1, -0.05) is 45.1 Å². The third kappa shape index (κ3) is 4.80. The Bertz CT molecular complexity index is 1370. The molecule has 4 saturated carbocycles. The summed E-state index contributed by atoms with van der Waals surface area (Å²) in [5.41, 5.74) is 1.95. The van der Waals surface area contributed by atoms with Crippen LogP contribution in [0.3, 0.4) is 0 Å². The molecule has 2 heterocycles. The van der Waals surface area contributed by atoms with Crippen LogP contribution >= 0.6 is 0 Å². The van der Waals surface area contributed by atoms with Crippen molar-refractivity contribution in [3.8, 4) is 0 Å². The van der Waals surface area contributed by atoms with Crippen molar-refractivity contribution in [1.82, 2.24) is 9.55 Å². The molecule has 5 fully saturated rings. The number of fused-ring (bicyclic) bond motifs is 4. The highest BCUT2D eigenvalue weighted by atomic mass is 16.5. The van der Waals surface area contributed by atoms with Gasteiger partial charge in [0.15, 0.2) is 0 Å². The molecule has 248 valence electrons. The maximum atomic E-state index is 14.3. The summed E-state index contributed by atoms with van der Waals surface area (Å²) in [5.74, 6) is 0.340. The molecule has 1 aromatic rings. The number of unbranched alkanes of at least 4 members (excludes halogenated alkanes) is 1. The number of aromatic nitrogens is 2. The van der Waals surface area contributed by atoms with E-state index >= 15 is 0 Å². The van der Waals surface area contributed by atoms with Gasteiger partial charge in [-0.25, -0.2) is 4.98 Å². The second-order valence-electron chi connectivity index (χ2n) is 16.5. The van der Waals surface area contributed by atoms with Crippen molar-refractivity contribution >= 4 is 11.9 Å². The van der Waals surface area contributed by atoms with Crippen LogP contribution in [0.15, 0.2) is 36.8 Å². The van der Waals surface area contributed by atoms with Gasteiger partial charge in [-0.3, -0.25) is 9.59 Å². The third-order valence-electron chi connectivity index (χ3n) is 14.3. The Labute approximate surface area is 270 Å². The average molecular weight is 621 g/mol. The zero-order valence-corrected chi connectivity index (χ0v) is 28.6. The first-order valence-electron chi connectivity index (χ1n) is 17.5. The number of esters is 2. The van der Waals surface area contributed by atoms with Crippen LogP contribution in [0, 0.1) is 58.2 Å². The molecule has 7 nitrogen and oxygen atoms in total. The molecule has 0 amide bonds. The lowest BCUT2D eigenvalue weighted by atomic mass is 9.33. The van der Waals surface area contributed by atoms with Gasteiger partial charge in [0.25, 0.3) is 0 Å². The van der Waals surface area contributed by atoms with Crippen LogP contribution < -0.4 is 0 Å². The van der Waals surface area contributed by atoms with Crippen molar-refractivity contribution in [2.24, 2.45) is 51.2 Å². The Hall–Kier alpha value is -2.41. The minimum Gasteiger partial charge on any atom is -0.465 e. The standard InChI is InChI=1S/C38H56N2O5/c1-23(2)26-11-14-38(34(43)44-18-10-9-17-40-21-25(5)39-22-40)16-15-35(6)28(32(26)38)19-29-33-36(35,7)13-12-27(24(3)4)37(33,8)30(41)20-31(42)45-29/h21-22,26-30,32-33,41H,1,3,9-20H2,2,4-8H3/t26-,27-,28+,29+,30+,32+,33-,35+,36+,37+,38-/m0/s1. The topological polar surface area (TPSA) is 90.7 Å². The van der Waals surface area contributed by atoms with Crippen LogP contribution in [0.2, 0.25) is 0 Å². The second kappa shape index (κ2) is 11.4. The number of allylic oxidation sites excluding steroid dienone is 2. The molecule has 1 N–H and O–H groups in total. The maximum absolute atomic E-state index is 14.3. The third-order valence-corrected chi connectivity index (χ3v) is 14.3. The normalized spacial score (nSPS) is 43.7. The van der Waals surface area contributed by atoms with Crippen molar-refractivity contribution < 1.29 is 24.2 Å². The first kappa shape index (κ1) is 32.5. The maximum Gasteiger partial charge on any atom is 0.312 e. The molecular weight excluding hydrogens is 564 g/mol. The lowest BCUT2D eigenvalue weighted by molar-refractivity contribution is -0.260. The van der Waals surface area contributed by atoms with E-state index in [0.29, 0.717) is 6.61 Å². The average Bonchev–Trinajstić information content (AvgIpc) is 3.55. The summed E-state index contributed by atoms with van der Waals surface area (Å²) in [5, 5.41) is 11.7. The number of ether oxygens (including phenoxy) is 2. The number of carbonyl (C=O) groups excluding carboxylic acids is 2. The fourth-order valence-corrected chi connectivity index (χ4v) is 12.1. The Morgan fingerprint density at radius 3 is 2.51 bits per heavy atom. The summed E-state index contributed by atoms with van der Waals surface area (Å²) >= 11 is 0. The van der Waals surface area contributed by atoms with E-state index in [1.165, 1.54) is 0 Å². The Morgan fingerprint density at radius 2 is 1.84 bits per heavy atom. The highest BCUT2D eigenvalue weighted by molar-refractivity contribution is 5.78. The second-order valence-corrected chi connectivity index (χ2v) is 16.5. The predicted octanol–water partition coefficient (Wildman–Crippen LogP) is 7.21. The number of aliphatic hydroxyl groups is 1. The summed E-state index contributed by atoms with van der Waals surface area (Å²) in [6, 6.07) is 0. The summed E-state index contributed by atoms with van der Waals surface area (Å²) in [6.07, 6.45) is 10.8. The van der Waals surface area contributed by atoms with Crippen molar-refractivity contribution in [3.63, 3.8) is 0 Å².